The third kappa shape index (κ3) is 3.30. The van der Waals surface area contributed by atoms with E-state index in [1.54, 1.807) is 0 Å². The van der Waals surface area contributed by atoms with Gasteiger partial charge in [-0.1, -0.05) is 60.7 Å². The van der Waals surface area contributed by atoms with Crippen LogP contribution in [0.1, 0.15) is 24.0 Å². The molecule has 1 fully saturated rings. The molecule has 0 radical (unpaired) electrons. The highest BCUT2D eigenvalue weighted by molar-refractivity contribution is 5.88. The lowest BCUT2D eigenvalue weighted by Gasteiger charge is -2.39. The Morgan fingerprint density at radius 2 is 1.57 bits per heavy atom. The van der Waals surface area contributed by atoms with Crippen molar-refractivity contribution in [2.24, 2.45) is 0 Å². The lowest BCUT2D eigenvalue weighted by Crippen LogP contribution is -2.48. The summed E-state index contributed by atoms with van der Waals surface area (Å²) in [7, 11) is 1.90. The van der Waals surface area contributed by atoms with Crippen LogP contribution in [0.3, 0.4) is 0 Å². The second kappa shape index (κ2) is 6.97. The minimum atomic E-state index is -0.455. The van der Waals surface area contributed by atoms with Gasteiger partial charge in [-0.3, -0.25) is 4.79 Å². The Kier molecular flexibility index (Phi) is 4.77. The maximum Gasteiger partial charge on any atom is 0.233 e. The Labute approximate surface area is 137 Å². The number of hydrogen-bond acceptors (Lipinski definition) is 2. The molecule has 3 nitrogen and oxygen atoms in total. The second-order valence-corrected chi connectivity index (χ2v) is 6.21. The molecule has 2 aromatic carbocycles. The summed E-state index contributed by atoms with van der Waals surface area (Å²) in [5.74, 6) is 0.191. The highest BCUT2D eigenvalue weighted by Crippen LogP contribution is 2.36. The van der Waals surface area contributed by atoms with Gasteiger partial charge in [0.2, 0.25) is 5.91 Å². The summed E-state index contributed by atoms with van der Waals surface area (Å²) in [6.07, 6.45) is 1.49. The molecule has 2 aromatic rings. The third-order valence-electron chi connectivity index (χ3n) is 4.69. The molecule has 1 heterocycles. The van der Waals surface area contributed by atoms with Crippen LogP contribution in [0.5, 0.6) is 0 Å². The Bertz CT molecular complexity index is 633. The molecule has 1 saturated heterocycles. The zero-order valence-corrected chi connectivity index (χ0v) is 13.6. The Hall–Kier alpha value is -2.13. The van der Waals surface area contributed by atoms with E-state index in [0.29, 0.717) is 19.8 Å². The monoisotopic (exact) mass is 309 g/mol. The molecule has 0 unspecified atom stereocenters. The highest BCUT2D eigenvalue weighted by atomic mass is 16.5. The van der Waals surface area contributed by atoms with E-state index in [2.05, 4.69) is 24.3 Å². The molecule has 0 aromatic heterocycles. The van der Waals surface area contributed by atoms with Gasteiger partial charge in [0.05, 0.1) is 5.41 Å². The van der Waals surface area contributed by atoms with E-state index in [-0.39, 0.29) is 5.91 Å². The van der Waals surface area contributed by atoms with Gasteiger partial charge in [-0.15, -0.1) is 0 Å². The van der Waals surface area contributed by atoms with Crippen molar-refractivity contribution in [1.82, 2.24) is 4.90 Å². The molecule has 3 heteroatoms. The molecule has 1 amide bonds. The molecule has 0 N–H and O–H groups in total. The van der Waals surface area contributed by atoms with Crippen molar-refractivity contribution in [2.45, 2.75) is 24.8 Å². The second-order valence-electron chi connectivity index (χ2n) is 6.21. The molecular formula is C20H23NO2. The maximum absolute atomic E-state index is 13.3. The van der Waals surface area contributed by atoms with Crippen LogP contribution < -0.4 is 0 Å². The minimum Gasteiger partial charge on any atom is -0.381 e. The fourth-order valence-corrected chi connectivity index (χ4v) is 3.40. The molecule has 0 atom stereocenters. The predicted molar refractivity (Wildman–Crippen MR) is 91.1 cm³/mol. The zero-order valence-electron chi connectivity index (χ0n) is 13.6. The fourth-order valence-electron chi connectivity index (χ4n) is 3.40. The van der Waals surface area contributed by atoms with Gasteiger partial charge in [-0.2, -0.15) is 0 Å². The minimum absolute atomic E-state index is 0.191. The summed E-state index contributed by atoms with van der Waals surface area (Å²) in [6.45, 7) is 1.91. The number of amides is 1. The molecule has 0 bridgehead atoms. The van der Waals surface area contributed by atoms with Crippen molar-refractivity contribution in [2.75, 3.05) is 20.3 Å². The topological polar surface area (TPSA) is 29.5 Å². The molecule has 1 aliphatic rings. The van der Waals surface area contributed by atoms with Crippen molar-refractivity contribution in [3.8, 4) is 0 Å². The van der Waals surface area contributed by atoms with Crippen LogP contribution in [-0.4, -0.2) is 31.1 Å². The van der Waals surface area contributed by atoms with Crippen LogP contribution in [0.25, 0.3) is 0 Å². The third-order valence-corrected chi connectivity index (χ3v) is 4.69. The normalized spacial score (nSPS) is 16.7. The smallest absolute Gasteiger partial charge is 0.233 e. The van der Waals surface area contributed by atoms with Crippen molar-refractivity contribution in [3.05, 3.63) is 71.8 Å². The zero-order chi connectivity index (χ0) is 16.1. The standard InChI is InChI=1S/C20H23NO2/c1-21(16-17-8-4-2-5-9-17)19(22)20(12-14-23-15-13-20)18-10-6-3-7-11-18/h2-11H,12-16H2,1H3. The summed E-state index contributed by atoms with van der Waals surface area (Å²) in [6, 6.07) is 20.3. The van der Waals surface area contributed by atoms with Gasteiger partial charge >= 0.3 is 0 Å². The fraction of sp³-hybridized carbons (Fsp3) is 0.350. The van der Waals surface area contributed by atoms with Crippen molar-refractivity contribution in [3.63, 3.8) is 0 Å². The maximum atomic E-state index is 13.3. The average Bonchev–Trinajstić information content (AvgIpc) is 2.63. The number of carbonyl (C=O) groups excluding carboxylic acids is 1. The molecule has 0 spiro atoms. The number of hydrogen-bond donors (Lipinski definition) is 0. The van der Waals surface area contributed by atoms with E-state index < -0.39 is 5.41 Å². The summed E-state index contributed by atoms with van der Waals surface area (Å²) in [5, 5.41) is 0. The van der Waals surface area contributed by atoms with Crippen molar-refractivity contribution in [1.29, 1.82) is 0 Å². The highest BCUT2D eigenvalue weighted by Gasteiger charge is 2.43. The van der Waals surface area contributed by atoms with Crippen LogP contribution in [0.4, 0.5) is 0 Å². The number of carbonyl (C=O) groups is 1. The van der Waals surface area contributed by atoms with E-state index in [0.717, 1.165) is 24.0 Å². The summed E-state index contributed by atoms with van der Waals surface area (Å²) in [4.78, 5) is 15.2. The lowest BCUT2D eigenvalue weighted by molar-refractivity contribution is -0.140. The Morgan fingerprint density at radius 3 is 2.17 bits per heavy atom. The van der Waals surface area contributed by atoms with Crippen LogP contribution in [0, 0.1) is 0 Å². The molecule has 0 saturated carbocycles. The first kappa shape index (κ1) is 15.8. The van der Waals surface area contributed by atoms with Crippen LogP contribution in [0.2, 0.25) is 0 Å². The van der Waals surface area contributed by atoms with Gasteiger partial charge in [-0.25, -0.2) is 0 Å². The molecule has 0 aliphatic carbocycles. The Balaban J connectivity index is 1.86. The molecular weight excluding hydrogens is 286 g/mol. The number of ether oxygens (including phenoxy) is 1. The number of rotatable bonds is 4. The summed E-state index contributed by atoms with van der Waals surface area (Å²) in [5.41, 5.74) is 1.80. The Morgan fingerprint density at radius 1 is 1.00 bits per heavy atom. The van der Waals surface area contributed by atoms with E-state index >= 15 is 0 Å². The molecule has 120 valence electrons. The lowest BCUT2D eigenvalue weighted by atomic mass is 9.73. The summed E-state index contributed by atoms with van der Waals surface area (Å²) >= 11 is 0. The van der Waals surface area contributed by atoms with Gasteiger partial charge in [-0.05, 0) is 24.0 Å². The molecule has 23 heavy (non-hydrogen) atoms. The van der Waals surface area contributed by atoms with Crippen molar-refractivity contribution >= 4 is 5.91 Å². The van der Waals surface area contributed by atoms with Gasteiger partial charge in [0.25, 0.3) is 0 Å². The first-order valence-electron chi connectivity index (χ1n) is 8.15. The van der Waals surface area contributed by atoms with Crippen molar-refractivity contribution < 1.29 is 9.53 Å². The van der Waals surface area contributed by atoms with Gasteiger partial charge in [0.1, 0.15) is 0 Å². The van der Waals surface area contributed by atoms with E-state index in [9.17, 15) is 4.79 Å². The number of nitrogens with zero attached hydrogens (tertiary/aromatic N) is 1. The van der Waals surface area contributed by atoms with Crippen LogP contribution in [-0.2, 0) is 21.5 Å². The molecule has 1 aliphatic heterocycles. The van der Waals surface area contributed by atoms with E-state index in [1.807, 2.05) is 48.3 Å². The first-order valence-corrected chi connectivity index (χ1v) is 8.15. The SMILES string of the molecule is CN(Cc1ccccc1)C(=O)C1(c2ccccc2)CCOCC1. The first-order chi connectivity index (χ1) is 11.2. The number of benzene rings is 2. The quantitative estimate of drug-likeness (QED) is 0.866. The largest absolute Gasteiger partial charge is 0.381 e. The van der Waals surface area contributed by atoms with Gasteiger partial charge < -0.3 is 9.64 Å². The van der Waals surface area contributed by atoms with Gasteiger partial charge in [0, 0.05) is 26.8 Å². The average molecular weight is 309 g/mol. The predicted octanol–water partition coefficient (Wildman–Crippen LogP) is 3.39. The number of likely N-dealkylation sites (N-methyl/N-ethyl adjacent to an activating group) is 1. The van der Waals surface area contributed by atoms with Crippen LogP contribution >= 0.6 is 0 Å². The van der Waals surface area contributed by atoms with Crippen LogP contribution in [0.15, 0.2) is 60.7 Å². The molecule has 3 rings (SSSR count). The van der Waals surface area contributed by atoms with E-state index in [4.69, 9.17) is 4.74 Å². The van der Waals surface area contributed by atoms with E-state index in [1.165, 1.54) is 0 Å². The summed E-state index contributed by atoms with van der Waals surface area (Å²) < 4.78 is 5.52. The van der Waals surface area contributed by atoms with Gasteiger partial charge in [0.15, 0.2) is 0 Å².